The zero-order chi connectivity index (χ0) is 15.5. The van der Waals surface area contributed by atoms with E-state index in [0.29, 0.717) is 0 Å². The first kappa shape index (κ1) is 16.6. The van der Waals surface area contributed by atoms with E-state index in [4.69, 9.17) is 5.73 Å². The van der Waals surface area contributed by atoms with Crippen LogP contribution in [0.25, 0.3) is 0 Å². The highest BCUT2D eigenvalue weighted by atomic mass is 19.1. The molecule has 112 valence electrons. The highest BCUT2D eigenvalue weighted by Crippen LogP contribution is 2.34. The van der Waals surface area contributed by atoms with Crippen LogP contribution < -0.4 is 11.1 Å². The second kappa shape index (κ2) is 6.31. The van der Waals surface area contributed by atoms with Crippen molar-refractivity contribution < 1.29 is 13.6 Å². The number of carbonyl (C=O) groups excluding carboxylic acids is 1. The highest BCUT2D eigenvalue weighted by Gasteiger charge is 2.30. The second-order valence-electron chi connectivity index (χ2n) is 6.21. The van der Waals surface area contributed by atoms with Crippen LogP contribution in [0.1, 0.15) is 45.7 Å². The Labute approximate surface area is 118 Å². The van der Waals surface area contributed by atoms with E-state index in [-0.39, 0.29) is 23.9 Å². The number of amides is 1. The molecule has 1 aromatic carbocycles. The zero-order valence-corrected chi connectivity index (χ0v) is 12.3. The van der Waals surface area contributed by atoms with Gasteiger partial charge in [0.25, 0.3) is 0 Å². The molecule has 1 aromatic rings. The lowest BCUT2D eigenvalue weighted by atomic mass is 9.82. The minimum absolute atomic E-state index is 0.162. The standard InChI is InChI=1S/C15H22F2N2O/c1-9(18)7-13(20)19-14(15(2,3)4)11-6-5-10(16)8-12(11)17/h5-6,8-9,14H,7,18H2,1-4H3,(H,19,20). The molecule has 0 bridgehead atoms. The van der Waals surface area contributed by atoms with Gasteiger partial charge in [-0.05, 0) is 18.4 Å². The van der Waals surface area contributed by atoms with Crippen LogP contribution in [0, 0.1) is 17.0 Å². The lowest BCUT2D eigenvalue weighted by molar-refractivity contribution is -0.122. The molecule has 0 fully saturated rings. The number of hydrogen-bond acceptors (Lipinski definition) is 2. The van der Waals surface area contributed by atoms with E-state index >= 15 is 0 Å². The molecular weight excluding hydrogens is 262 g/mol. The van der Waals surface area contributed by atoms with Crippen LogP contribution in [0.15, 0.2) is 18.2 Å². The summed E-state index contributed by atoms with van der Waals surface area (Å²) in [6.45, 7) is 7.37. The molecule has 3 N–H and O–H groups in total. The number of hydrogen-bond donors (Lipinski definition) is 2. The first-order valence-electron chi connectivity index (χ1n) is 6.61. The lowest BCUT2D eigenvalue weighted by Gasteiger charge is -2.32. The quantitative estimate of drug-likeness (QED) is 0.893. The van der Waals surface area contributed by atoms with Crippen molar-refractivity contribution in [1.82, 2.24) is 5.32 Å². The summed E-state index contributed by atoms with van der Waals surface area (Å²) < 4.78 is 26.9. The average molecular weight is 284 g/mol. The zero-order valence-electron chi connectivity index (χ0n) is 12.3. The summed E-state index contributed by atoms with van der Waals surface area (Å²) in [7, 11) is 0. The Bertz CT molecular complexity index is 481. The molecule has 0 aromatic heterocycles. The molecule has 1 rings (SSSR count). The summed E-state index contributed by atoms with van der Waals surface area (Å²) in [6.07, 6.45) is 0.162. The van der Waals surface area contributed by atoms with Gasteiger partial charge >= 0.3 is 0 Å². The maximum Gasteiger partial charge on any atom is 0.222 e. The first-order valence-corrected chi connectivity index (χ1v) is 6.61. The molecule has 0 heterocycles. The smallest absolute Gasteiger partial charge is 0.222 e. The number of carbonyl (C=O) groups is 1. The van der Waals surface area contributed by atoms with Gasteiger partial charge < -0.3 is 11.1 Å². The van der Waals surface area contributed by atoms with Crippen molar-refractivity contribution in [1.29, 1.82) is 0 Å². The van der Waals surface area contributed by atoms with Crippen molar-refractivity contribution in [3.8, 4) is 0 Å². The number of nitrogens with one attached hydrogen (secondary N) is 1. The molecule has 3 nitrogen and oxygen atoms in total. The summed E-state index contributed by atoms with van der Waals surface area (Å²) in [5.74, 6) is -1.55. The number of nitrogens with two attached hydrogens (primary N) is 1. The van der Waals surface area contributed by atoms with Crippen LogP contribution >= 0.6 is 0 Å². The van der Waals surface area contributed by atoms with E-state index in [2.05, 4.69) is 5.32 Å². The normalized spacial score (nSPS) is 14.8. The highest BCUT2D eigenvalue weighted by molar-refractivity contribution is 5.77. The van der Waals surface area contributed by atoms with Crippen molar-refractivity contribution in [2.45, 2.75) is 46.2 Å². The first-order chi connectivity index (χ1) is 9.11. The predicted octanol–water partition coefficient (Wildman–Crippen LogP) is 2.91. The molecular formula is C15H22F2N2O. The van der Waals surface area contributed by atoms with E-state index in [1.807, 2.05) is 20.8 Å². The van der Waals surface area contributed by atoms with Gasteiger partial charge in [0.1, 0.15) is 11.6 Å². The Balaban J connectivity index is 3.04. The van der Waals surface area contributed by atoms with E-state index in [9.17, 15) is 13.6 Å². The van der Waals surface area contributed by atoms with Crippen molar-refractivity contribution >= 4 is 5.91 Å². The Hall–Kier alpha value is -1.49. The molecule has 0 saturated carbocycles. The maximum atomic E-state index is 13.9. The van der Waals surface area contributed by atoms with E-state index in [1.165, 1.54) is 12.1 Å². The minimum Gasteiger partial charge on any atom is -0.349 e. The topological polar surface area (TPSA) is 55.1 Å². The van der Waals surface area contributed by atoms with Crippen molar-refractivity contribution in [2.24, 2.45) is 11.1 Å². The fourth-order valence-corrected chi connectivity index (χ4v) is 2.01. The van der Waals surface area contributed by atoms with Crippen LogP contribution in [0.5, 0.6) is 0 Å². The van der Waals surface area contributed by atoms with Gasteiger partial charge in [-0.1, -0.05) is 26.8 Å². The summed E-state index contributed by atoms with van der Waals surface area (Å²) in [5.41, 5.74) is 5.45. The fraction of sp³-hybridized carbons (Fsp3) is 0.533. The van der Waals surface area contributed by atoms with Gasteiger partial charge in [-0.15, -0.1) is 0 Å². The predicted molar refractivity (Wildman–Crippen MR) is 75.0 cm³/mol. The van der Waals surface area contributed by atoms with Crippen molar-refractivity contribution in [3.63, 3.8) is 0 Å². The van der Waals surface area contributed by atoms with Crippen LogP contribution in [0.2, 0.25) is 0 Å². The second-order valence-corrected chi connectivity index (χ2v) is 6.21. The summed E-state index contributed by atoms with van der Waals surface area (Å²) in [4.78, 5) is 11.9. The molecule has 0 saturated heterocycles. The summed E-state index contributed by atoms with van der Waals surface area (Å²) in [6, 6.07) is 2.57. The van der Waals surface area contributed by atoms with Gasteiger partial charge in [0.2, 0.25) is 5.91 Å². The van der Waals surface area contributed by atoms with E-state index in [1.54, 1.807) is 6.92 Å². The van der Waals surface area contributed by atoms with Crippen molar-refractivity contribution in [2.75, 3.05) is 0 Å². The molecule has 0 spiro atoms. The fourth-order valence-electron chi connectivity index (χ4n) is 2.01. The van der Waals surface area contributed by atoms with Gasteiger partial charge in [-0.3, -0.25) is 4.79 Å². The molecule has 2 unspecified atom stereocenters. The van der Waals surface area contributed by atoms with Crippen LogP contribution in [0.3, 0.4) is 0 Å². The van der Waals surface area contributed by atoms with E-state index < -0.39 is 23.1 Å². The summed E-state index contributed by atoms with van der Waals surface area (Å²) in [5, 5.41) is 2.78. The maximum absolute atomic E-state index is 13.9. The number of halogens is 2. The Kier molecular flexibility index (Phi) is 5.22. The molecule has 0 radical (unpaired) electrons. The van der Waals surface area contributed by atoms with Gasteiger partial charge in [-0.2, -0.15) is 0 Å². The molecule has 2 atom stereocenters. The van der Waals surface area contributed by atoms with E-state index in [0.717, 1.165) is 6.07 Å². The third kappa shape index (κ3) is 4.56. The Morgan fingerprint density at radius 2 is 1.95 bits per heavy atom. The largest absolute Gasteiger partial charge is 0.349 e. The molecule has 0 aliphatic carbocycles. The Morgan fingerprint density at radius 3 is 2.40 bits per heavy atom. The molecule has 0 aliphatic heterocycles. The molecule has 0 aliphatic rings. The SMILES string of the molecule is CC(N)CC(=O)NC(c1ccc(F)cc1F)C(C)(C)C. The third-order valence-electron chi connectivity index (χ3n) is 2.95. The Morgan fingerprint density at radius 1 is 1.35 bits per heavy atom. The monoisotopic (exact) mass is 284 g/mol. The minimum atomic E-state index is -0.661. The molecule has 5 heteroatoms. The van der Waals surface area contributed by atoms with Gasteiger partial charge in [0, 0.05) is 24.1 Å². The average Bonchev–Trinajstić information content (AvgIpc) is 2.24. The summed E-state index contributed by atoms with van der Waals surface area (Å²) >= 11 is 0. The van der Waals surface area contributed by atoms with Crippen molar-refractivity contribution in [3.05, 3.63) is 35.4 Å². The molecule has 20 heavy (non-hydrogen) atoms. The third-order valence-corrected chi connectivity index (χ3v) is 2.95. The van der Waals surface area contributed by atoms with Gasteiger partial charge in [-0.25, -0.2) is 8.78 Å². The lowest BCUT2D eigenvalue weighted by Crippen LogP contribution is -2.39. The van der Waals surface area contributed by atoms with Crippen LogP contribution in [0.4, 0.5) is 8.78 Å². The van der Waals surface area contributed by atoms with Crippen LogP contribution in [-0.4, -0.2) is 11.9 Å². The van der Waals surface area contributed by atoms with Gasteiger partial charge in [0.05, 0.1) is 6.04 Å². The number of benzene rings is 1. The van der Waals surface area contributed by atoms with Crippen LogP contribution in [-0.2, 0) is 4.79 Å². The van der Waals surface area contributed by atoms with Gasteiger partial charge in [0.15, 0.2) is 0 Å². The number of rotatable bonds is 4. The molecule has 1 amide bonds.